The Morgan fingerprint density at radius 3 is 2.40 bits per heavy atom. The number of amides is 2. The molecular formula is C10H18N2O3. The van der Waals surface area contributed by atoms with Crippen LogP contribution in [-0.2, 0) is 9.59 Å². The van der Waals surface area contributed by atoms with Gasteiger partial charge in [-0.15, -0.1) is 0 Å². The molecule has 0 saturated heterocycles. The molecule has 2 amide bonds. The number of carbonyl (C=O) groups is 2. The van der Waals surface area contributed by atoms with E-state index >= 15 is 0 Å². The summed E-state index contributed by atoms with van der Waals surface area (Å²) in [5.74, 6) is -1.53. The van der Waals surface area contributed by atoms with Crippen LogP contribution in [0.2, 0.25) is 0 Å². The first-order valence-electron chi connectivity index (χ1n) is 5.36. The van der Waals surface area contributed by atoms with Crippen LogP contribution in [0, 0.1) is 5.92 Å². The topological polar surface area (TPSA) is 92.4 Å². The van der Waals surface area contributed by atoms with Gasteiger partial charge in [0.15, 0.2) is 0 Å². The Kier molecular flexibility index (Phi) is 4.55. The molecule has 15 heavy (non-hydrogen) atoms. The molecule has 1 aliphatic carbocycles. The van der Waals surface area contributed by atoms with Crippen LogP contribution in [0.15, 0.2) is 0 Å². The Balaban J connectivity index is 2.46. The van der Waals surface area contributed by atoms with Gasteiger partial charge in [-0.3, -0.25) is 9.59 Å². The van der Waals surface area contributed by atoms with Crippen molar-refractivity contribution in [1.82, 2.24) is 5.32 Å². The van der Waals surface area contributed by atoms with Gasteiger partial charge >= 0.3 is 11.8 Å². The molecule has 1 atom stereocenters. The van der Waals surface area contributed by atoms with Crippen LogP contribution in [0.1, 0.15) is 32.1 Å². The Morgan fingerprint density at radius 2 is 1.93 bits per heavy atom. The molecule has 0 aliphatic heterocycles. The molecule has 0 aromatic rings. The molecule has 1 rings (SSSR count). The number of nitrogens with one attached hydrogen (secondary N) is 1. The lowest BCUT2D eigenvalue weighted by Crippen LogP contribution is -2.48. The summed E-state index contributed by atoms with van der Waals surface area (Å²) in [5.41, 5.74) is 4.84. The fourth-order valence-electron chi connectivity index (χ4n) is 2.09. The van der Waals surface area contributed by atoms with E-state index in [1.807, 2.05) is 0 Å². The lowest BCUT2D eigenvalue weighted by atomic mass is 9.84. The van der Waals surface area contributed by atoms with E-state index in [0.717, 1.165) is 25.7 Å². The molecule has 86 valence electrons. The summed E-state index contributed by atoms with van der Waals surface area (Å²) in [6.45, 7) is -0.135. The van der Waals surface area contributed by atoms with Crippen LogP contribution in [0.3, 0.4) is 0 Å². The van der Waals surface area contributed by atoms with Crippen LogP contribution in [0.25, 0.3) is 0 Å². The maximum atomic E-state index is 11.1. The quantitative estimate of drug-likeness (QED) is 0.554. The molecule has 1 aliphatic rings. The van der Waals surface area contributed by atoms with Crippen molar-refractivity contribution in [3.05, 3.63) is 0 Å². The summed E-state index contributed by atoms with van der Waals surface area (Å²) in [5, 5.41) is 11.6. The van der Waals surface area contributed by atoms with E-state index in [1.54, 1.807) is 0 Å². The Hall–Kier alpha value is -1.10. The van der Waals surface area contributed by atoms with Crippen molar-refractivity contribution in [2.75, 3.05) is 6.61 Å². The molecule has 0 bridgehead atoms. The Morgan fingerprint density at radius 1 is 1.33 bits per heavy atom. The second kappa shape index (κ2) is 5.70. The summed E-state index contributed by atoms with van der Waals surface area (Å²) in [7, 11) is 0. The van der Waals surface area contributed by atoms with Crippen LogP contribution in [-0.4, -0.2) is 29.6 Å². The fraction of sp³-hybridized carbons (Fsp3) is 0.800. The zero-order chi connectivity index (χ0) is 11.3. The van der Waals surface area contributed by atoms with Crippen molar-refractivity contribution in [2.45, 2.75) is 38.1 Å². The van der Waals surface area contributed by atoms with Crippen molar-refractivity contribution < 1.29 is 14.7 Å². The second-order valence-corrected chi connectivity index (χ2v) is 4.02. The average Bonchev–Trinajstić information content (AvgIpc) is 2.26. The van der Waals surface area contributed by atoms with E-state index in [2.05, 4.69) is 5.32 Å². The molecule has 0 aromatic carbocycles. The molecule has 0 heterocycles. The van der Waals surface area contributed by atoms with Gasteiger partial charge in [0.05, 0.1) is 12.6 Å². The van der Waals surface area contributed by atoms with Gasteiger partial charge < -0.3 is 16.2 Å². The first-order valence-corrected chi connectivity index (χ1v) is 5.36. The van der Waals surface area contributed by atoms with E-state index in [9.17, 15) is 9.59 Å². The minimum atomic E-state index is -0.996. The smallest absolute Gasteiger partial charge is 0.309 e. The molecule has 1 unspecified atom stereocenters. The monoisotopic (exact) mass is 214 g/mol. The van der Waals surface area contributed by atoms with Crippen LogP contribution < -0.4 is 11.1 Å². The predicted octanol–water partition coefficient (Wildman–Crippen LogP) is -0.471. The number of rotatable bonds is 3. The highest BCUT2D eigenvalue weighted by Crippen LogP contribution is 2.26. The van der Waals surface area contributed by atoms with Crippen molar-refractivity contribution >= 4 is 11.8 Å². The number of hydrogen-bond donors (Lipinski definition) is 3. The third-order valence-corrected chi connectivity index (χ3v) is 2.96. The number of carbonyl (C=O) groups excluding carboxylic acids is 2. The van der Waals surface area contributed by atoms with E-state index in [-0.39, 0.29) is 18.6 Å². The van der Waals surface area contributed by atoms with Gasteiger partial charge in [0.25, 0.3) is 0 Å². The summed E-state index contributed by atoms with van der Waals surface area (Å²) in [4.78, 5) is 21.6. The molecule has 5 heteroatoms. The van der Waals surface area contributed by atoms with Gasteiger partial charge in [0, 0.05) is 0 Å². The largest absolute Gasteiger partial charge is 0.394 e. The minimum Gasteiger partial charge on any atom is -0.394 e. The molecule has 0 aromatic heterocycles. The van der Waals surface area contributed by atoms with Gasteiger partial charge in [-0.25, -0.2) is 0 Å². The average molecular weight is 214 g/mol. The molecule has 1 saturated carbocycles. The number of hydrogen-bond acceptors (Lipinski definition) is 3. The van der Waals surface area contributed by atoms with Crippen molar-refractivity contribution in [2.24, 2.45) is 11.7 Å². The van der Waals surface area contributed by atoms with E-state index in [4.69, 9.17) is 10.8 Å². The summed E-state index contributed by atoms with van der Waals surface area (Å²) in [6.07, 6.45) is 5.42. The molecule has 4 N–H and O–H groups in total. The van der Waals surface area contributed by atoms with Crippen molar-refractivity contribution in [3.63, 3.8) is 0 Å². The SMILES string of the molecule is NC(=O)C(=O)NC(CO)C1CCCCC1. The minimum absolute atomic E-state index is 0.135. The maximum Gasteiger partial charge on any atom is 0.309 e. The normalized spacial score (nSPS) is 19.5. The molecule has 0 radical (unpaired) electrons. The van der Waals surface area contributed by atoms with E-state index in [1.165, 1.54) is 6.42 Å². The highest BCUT2D eigenvalue weighted by atomic mass is 16.3. The van der Waals surface area contributed by atoms with Gasteiger partial charge in [0.1, 0.15) is 0 Å². The van der Waals surface area contributed by atoms with Crippen LogP contribution in [0.5, 0.6) is 0 Å². The van der Waals surface area contributed by atoms with Crippen molar-refractivity contribution in [3.8, 4) is 0 Å². The first-order chi connectivity index (χ1) is 7.15. The summed E-state index contributed by atoms with van der Waals surface area (Å²) >= 11 is 0. The number of primary amides is 1. The number of nitrogens with two attached hydrogens (primary N) is 1. The molecule has 1 fully saturated rings. The lowest BCUT2D eigenvalue weighted by Gasteiger charge is -2.29. The third kappa shape index (κ3) is 3.51. The lowest BCUT2D eigenvalue weighted by molar-refractivity contribution is -0.138. The number of aliphatic hydroxyl groups is 1. The van der Waals surface area contributed by atoms with Gasteiger partial charge in [-0.2, -0.15) is 0 Å². The number of aliphatic hydroxyl groups excluding tert-OH is 1. The molecular weight excluding hydrogens is 196 g/mol. The maximum absolute atomic E-state index is 11.1. The van der Waals surface area contributed by atoms with Crippen molar-refractivity contribution in [1.29, 1.82) is 0 Å². The Bertz CT molecular complexity index is 237. The second-order valence-electron chi connectivity index (χ2n) is 4.02. The van der Waals surface area contributed by atoms with Gasteiger partial charge in [0.2, 0.25) is 0 Å². The zero-order valence-corrected chi connectivity index (χ0v) is 8.74. The van der Waals surface area contributed by atoms with Crippen LogP contribution in [0.4, 0.5) is 0 Å². The fourth-order valence-corrected chi connectivity index (χ4v) is 2.09. The third-order valence-electron chi connectivity index (χ3n) is 2.96. The summed E-state index contributed by atoms with van der Waals surface area (Å²) in [6, 6.07) is -0.328. The zero-order valence-electron chi connectivity index (χ0n) is 8.74. The van der Waals surface area contributed by atoms with Gasteiger partial charge in [-0.05, 0) is 18.8 Å². The van der Waals surface area contributed by atoms with E-state index in [0.29, 0.717) is 0 Å². The Labute approximate surface area is 89.0 Å². The summed E-state index contributed by atoms with van der Waals surface area (Å²) < 4.78 is 0. The van der Waals surface area contributed by atoms with Crippen LogP contribution >= 0.6 is 0 Å². The van der Waals surface area contributed by atoms with Gasteiger partial charge in [-0.1, -0.05) is 19.3 Å². The standard InChI is InChI=1S/C10H18N2O3/c11-9(14)10(15)12-8(6-13)7-4-2-1-3-5-7/h7-8,13H,1-6H2,(H2,11,14)(H,12,15). The predicted molar refractivity (Wildman–Crippen MR) is 54.8 cm³/mol. The highest BCUT2D eigenvalue weighted by molar-refractivity contribution is 6.34. The van der Waals surface area contributed by atoms with E-state index < -0.39 is 11.8 Å². The molecule has 0 spiro atoms. The molecule has 5 nitrogen and oxygen atoms in total. The first kappa shape index (κ1) is 12.0. The highest BCUT2D eigenvalue weighted by Gasteiger charge is 2.25.